The van der Waals surface area contributed by atoms with E-state index in [-0.39, 0.29) is 6.09 Å². The molecule has 0 aromatic heterocycles. The van der Waals surface area contributed by atoms with Crippen molar-refractivity contribution >= 4 is 12.1 Å². The van der Waals surface area contributed by atoms with E-state index in [9.17, 15) is 4.79 Å². The Morgan fingerprint density at radius 1 is 1.29 bits per heavy atom. The van der Waals surface area contributed by atoms with Gasteiger partial charge in [-0.05, 0) is 59.3 Å². The number of nitrogens with zero attached hydrogens (tertiary/aromatic N) is 3. The lowest BCUT2D eigenvalue weighted by molar-refractivity contribution is 0.0170. The summed E-state index contributed by atoms with van der Waals surface area (Å²) in [6.07, 6.45) is 4.28. The quantitative estimate of drug-likeness (QED) is 0.589. The second kappa shape index (κ2) is 8.89. The third-order valence-corrected chi connectivity index (χ3v) is 5.93. The SMILES string of the molecule is CCNC(=NCC1CCCN(C(=O)OC(C)(C)C)C1)N1CCC2(CCOC2)C1. The largest absolute Gasteiger partial charge is 0.444 e. The van der Waals surface area contributed by atoms with Crippen molar-refractivity contribution in [3.05, 3.63) is 0 Å². The zero-order chi connectivity index (χ0) is 20.2. The van der Waals surface area contributed by atoms with Gasteiger partial charge in [-0.15, -0.1) is 0 Å². The number of amides is 1. The first kappa shape index (κ1) is 21.2. The van der Waals surface area contributed by atoms with Gasteiger partial charge in [0.1, 0.15) is 5.60 Å². The molecule has 0 aromatic carbocycles. The number of carbonyl (C=O) groups is 1. The smallest absolute Gasteiger partial charge is 0.410 e. The van der Waals surface area contributed by atoms with Crippen LogP contribution in [0.5, 0.6) is 0 Å². The van der Waals surface area contributed by atoms with Crippen LogP contribution in [0.1, 0.15) is 53.4 Å². The lowest BCUT2D eigenvalue weighted by Gasteiger charge is -2.34. The summed E-state index contributed by atoms with van der Waals surface area (Å²) >= 11 is 0. The molecule has 2 atom stereocenters. The van der Waals surface area contributed by atoms with Crippen molar-refractivity contribution in [1.82, 2.24) is 15.1 Å². The van der Waals surface area contributed by atoms with Crippen molar-refractivity contribution in [2.24, 2.45) is 16.3 Å². The van der Waals surface area contributed by atoms with Gasteiger partial charge in [0, 0.05) is 51.3 Å². The van der Waals surface area contributed by atoms with Crippen molar-refractivity contribution in [3.63, 3.8) is 0 Å². The van der Waals surface area contributed by atoms with Gasteiger partial charge in [0.05, 0.1) is 6.61 Å². The number of guanidine groups is 1. The van der Waals surface area contributed by atoms with Gasteiger partial charge in [-0.1, -0.05) is 0 Å². The highest BCUT2D eigenvalue weighted by Crippen LogP contribution is 2.38. The summed E-state index contributed by atoms with van der Waals surface area (Å²) in [7, 11) is 0. The average molecular weight is 395 g/mol. The highest BCUT2D eigenvalue weighted by molar-refractivity contribution is 5.80. The molecule has 0 aromatic rings. The van der Waals surface area contributed by atoms with Crippen LogP contribution in [0, 0.1) is 11.3 Å². The lowest BCUT2D eigenvalue weighted by atomic mass is 9.87. The van der Waals surface area contributed by atoms with Crippen LogP contribution >= 0.6 is 0 Å². The molecule has 3 aliphatic rings. The van der Waals surface area contributed by atoms with Crippen LogP contribution in [0.15, 0.2) is 4.99 Å². The number of carbonyl (C=O) groups excluding carboxylic acids is 1. The second-order valence-electron chi connectivity index (χ2n) is 9.60. The Labute approximate surface area is 169 Å². The van der Waals surface area contributed by atoms with Crippen LogP contribution in [0.25, 0.3) is 0 Å². The number of piperidine rings is 1. The van der Waals surface area contributed by atoms with Crippen LogP contribution in [0.3, 0.4) is 0 Å². The van der Waals surface area contributed by atoms with Gasteiger partial charge in [0.25, 0.3) is 0 Å². The van der Waals surface area contributed by atoms with E-state index in [0.717, 1.165) is 77.7 Å². The summed E-state index contributed by atoms with van der Waals surface area (Å²) in [6, 6.07) is 0. The van der Waals surface area contributed by atoms with Crippen LogP contribution in [-0.2, 0) is 9.47 Å². The summed E-state index contributed by atoms with van der Waals surface area (Å²) in [5.74, 6) is 1.40. The van der Waals surface area contributed by atoms with Crippen LogP contribution in [0.2, 0.25) is 0 Å². The van der Waals surface area contributed by atoms with Crippen molar-refractivity contribution in [1.29, 1.82) is 0 Å². The lowest BCUT2D eigenvalue weighted by Crippen LogP contribution is -2.44. The molecule has 3 saturated heterocycles. The van der Waals surface area contributed by atoms with E-state index < -0.39 is 5.60 Å². The minimum absolute atomic E-state index is 0.198. The van der Waals surface area contributed by atoms with E-state index in [1.54, 1.807) is 0 Å². The summed E-state index contributed by atoms with van der Waals surface area (Å²) < 4.78 is 11.2. The highest BCUT2D eigenvalue weighted by Gasteiger charge is 2.42. The van der Waals surface area contributed by atoms with Crippen LogP contribution < -0.4 is 5.32 Å². The van der Waals surface area contributed by atoms with Crippen molar-refractivity contribution in [2.75, 3.05) is 52.5 Å². The molecule has 7 nitrogen and oxygen atoms in total. The molecule has 160 valence electrons. The predicted octanol–water partition coefficient (Wildman–Crippen LogP) is 2.71. The van der Waals surface area contributed by atoms with E-state index in [0.29, 0.717) is 11.3 Å². The minimum Gasteiger partial charge on any atom is -0.444 e. The van der Waals surface area contributed by atoms with Crippen molar-refractivity contribution in [2.45, 2.75) is 59.0 Å². The van der Waals surface area contributed by atoms with Gasteiger partial charge >= 0.3 is 6.09 Å². The third kappa shape index (κ3) is 5.52. The molecule has 3 aliphatic heterocycles. The molecule has 0 bridgehead atoms. The van der Waals surface area contributed by atoms with Crippen molar-refractivity contribution < 1.29 is 14.3 Å². The van der Waals surface area contributed by atoms with Crippen molar-refractivity contribution in [3.8, 4) is 0 Å². The molecule has 2 unspecified atom stereocenters. The molecule has 0 saturated carbocycles. The Hall–Kier alpha value is -1.50. The maximum Gasteiger partial charge on any atom is 0.410 e. The monoisotopic (exact) mass is 394 g/mol. The zero-order valence-electron chi connectivity index (χ0n) is 18.1. The molecule has 3 heterocycles. The zero-order valence-corrected chi connectivity index (χ0v) is 18.1. The van der Waals surface area contributed by atoms with Gasteiger partial charge in [0.15, 0.2) is 5.96 Å². The van der Waals surface area contributed by atoms with E-state index in [4.69, 9.17) is 14.5 Å². The number of nitrogens with one attached hydrogen (secondary N) is 1. The maximum atomic E-state index is 12.4. The predicted molar refractivity (Wildman–Crippen MR) is 111 cm³/mol. The van der Waals surface area contributed by atoms with Crippen LogP contribution in [0.4, 0.5) is 4.79 Å². The molecule has 1 spiro atoms. The molecular formula is C21H38N4O3. The normalized spacial score (nSPS) is 28.9. The summed E-state index contributed by atoms with van der Waals surface area (Å²) in [4.78, 5) is 21.6. The van der Waals surface area contributed by atoms with Gasteiger partial charge in [-0.25, -0.2) is 4.79 Å². The number of hydrogen-bond donors (Lipinski definition) is 1. The number of hydrogen-bond acceptors (Lipinski definition) is 4. The van der Waals surface area contributed by atoms with Gasteiger partial charge in [0.2, 0.25) is 0 Å². The third-order valence-electron chi connectivity index (χ3n) is 5.93. The molecule has 7 heteroatoms. The van der Waals surface area contributed by atoms with Gasteiger partial charge < -0.3 is 24.6 Å². The molecule has 3 fully saturated rings. The minimum atomic E-state index is -0.448. The second-order valence-corrected chi connectivity index (χ2v) is 9.60. The average Bonchev–Trinajstić information content (AvgIpc) is 3.27. The Morgan fingerprint density at radius 2 is 2.11 bits per heavy atom. The topological polar surface area (TPSA) is 66.4 Å². The number of likely N-dealkylation sites (tertiary alicyclic amines) is 2. The molecule has 0 aliphatic carbocycles. The van der Waals surface area contributed by atoms with E-state index in [2.05, 4.69) is 17.1 Å². The van der Waals surface area contributed by atoms with E-state index in [1.807, 2.05) is 25.7 Å². The Bertz CT molecular complexity index is 566. The molecule has 28 heavy (non-hydrogen) atoms. The van der Waals surface area contributed by atoms with Gasteiger partial charge in [-0.3, -0.25) is 4.99 Å². The Morgan fingerprint density at radius 3 is 2.79 bits per heavy atom. The number of rotatable bonds is 3. The first-order valence-corrected chi connectivity index (χ1v) is 10.9. The van der Waals surface area contributed by atoms with Gasteiger partial charge in [-0.2, -0.15) is 0 Å². The summed E-state index contributed by atoms with van der Waals surface area (Å²) in [5, 5.41) is 3.47. The molecule has 0 radical (unpaired) electrons. The molecule has 3 rings (SSSR count). The Balaban J connectivity index is 1.56. The molecular weight excluding hydrogens is 356 g/mol. The highest BCUT2D eigenvalue weighted by atomic mass is 16.6. The Kier molecular flexibility index (Phi) is 6.73. The fraction of sp³-hybridized carbons (Fsp3) is 0.905. The molecule has 1 amide bonds. The standard InChI is InChI=1S/C21H38N4O3/c1-5-22-18(25-11-8-21(15-25)9-12-27-16-21)23-13-17-7-6-10-24(14-17)19(26)28-20(2,3)4/h17H,5-16H2,1-4H3,(H,22,23). The fourth-order valence-electron chi connectivity index (χ4n) is 4.44. The summed E-state index contributed by atoms with van der Waals surface area (Å²) in [5.41, 5.74) is -0.120. The first-order valence-electron chi connectivity index (χ1n) is 10.9. The van der Waals surface area contributed by atoms with Crippen LogP contribution in [-0.4, -0.2) is 79.9 Å². The number of aliphatic imine (C=N–C) groups is 1. The number of ether oxygens (including phenoxy) is 2. The maximum absolute atomic E-state index is 12.4. The van der Waals surface area contributed by atoms with E-state index >= 15 is 0 Å². The fourth-order valence-corrected chi connectivity index (χ4v) is 4.44. The first-order chi connectivity index (χ1) is 13.3. The van der Waals surface area contributed by atoms with E-state index in [1.165, 1.54) is 6.42 Å². The summed E-state index contributed by atoms with van der Waals surface area (Å²) in [6.45, 7) is 14.9. The molecule has 1 N–H and O–H groups in total.